The van der Waals surface area contributed by atoms with Gasteiger partial charge in [0.15, 0.2) is 0 Å². The second kappa shape index (κ2) is 18.6. The van der Waals surface area contributed by atoms with Crippen molar-refractivity contribution in [2.45, 2.75) is 0 Å². The molecule has 0 saturated carbocycles. The molecule has 0 amide bonds. The lowest BCUT2D eigenvalue weighted by Crippen LogP contribution is -2.06. The molecule has 4 nitrogen and oxygen atoms in total. The van der Waals surface area contributed by atoms with Crippen LogP contribution in [-0.4, -0.2) is 14.1 Å². The molecule has 354 valence electrons. The van der Waals surface area contributed by atoms with E-state index in [-0.39, 0.29) is 0 Å². The van der Waals surface area contributed by atoms with Gasteiger partial charge in [-0.2, -0.15) is 5.26 Å². The molecule has 3 aromatic heterocycles. The smallest absolute Gasteiger partial charge is 0.0993 e. The van der Waals surface area contributed by atoms with Gasteiger partial charge in [0.25, 0.3) is 0 Å². The van der Waals surface area contributed by atoms with E-state index in [0.717, 1.165) is 133 Å². The van der Waals surface area contributed by atoms with Crippen LogP contribution < -0.4 is 0 Å². The van der Waals surface area contributed by atoms with Crippen molar-refractivity contribution < 1.29 is 0 Å². The Morgan fingerprint density at radius 1 is 0.276 bits per heavy atom. The third kappa shape index (κ3) is 7.57. The normalized spacial score (nSPS) is 11.4. The van der Waals surface area contributed by atoms with Crippen LogP contribution >= 0.6 is 0 Å². The van der Waals surface area contributed by atoms with E-state index < -0.39 is 0 Å². The molecular weight excluding hydrogens is 921 g/mol. The Morgan fingerprint density at radius 2 is 0.618 bits per heavy atom. The summed E-state index contributed by atoms with van der Waals surface area (Å²) >= 11 is 0. The first kappa shape index (κ1) is 44.4. The van der Waals surface area contributed by atoms with Gasteiger partial charge in [-0.05, 0) is 98.6 Å². The van der Waals surface area contributed by atoms with Gasteiger partial charge in [-0.3, -0.25) is 0 Å². The summed E-state index contributed by atoms with van der Waals surface area (Å²) in [6.45, 7) is 0. The van der Waals surface area contributed by atoms with Crippen LogP contribution in [0.3, 0.4) is 0 Å². The summed E-state index contributed by atoms with van der Waals surface area (Å²) in [7, 11) is 0. The van der Waals surface area contributed by atoms with E-state index in [1.807, 2.05) is 12.1 Å². The lowest BCUT2D eigenvalue weighted by atomic mass is 9.93. The van der Waals surface area contributed by atoms with Gasteiger partial charge in [0.1, 0.15) is 0 Å². The molecule has 0 unspecified atom stereocenters. The largest absolute Gasteiger partial charge is 0.308 e. The van der Waals surface area contributed by atoms with Gasteiger partial charge in [0.2, 0.25) is 0 Å². The summed E-state index contributed by atoms with van der Waals surface area (Å²) in [6.07, 6.45) is 0. The van der Waals surface area contributed by atoms with Crippen molar-refractivity contribution in [1.29, 1.82) is 5.26 Å². The summed E-state index contributed by atoms with van der Waals surface area (Å²) in [5, 5.41) is 15.9. The number of hydrogen-bond acceptors (Lipinski definition) is 2. The predicted molar refractivity (Wildman–Crippen MR) is 316 cm³/mol. The second-order valence-electron chi connectivity index (χ2n) is 19.4. The predicted octanol–water partition coefficient (Wildman–Crippen LogP) is 18.8. The van der Waals surface area contributed by atoms with Crippen LogP contribution in [-0.2, 0) is 0 Å². The third-order valence-electron chi connectivity index (χ3n) is 15.0. The molecule has 0 bridgehead atoms. The van der Waals surface area contributed by atoms with Gasteiger partial charge in [-0.25, -0.2) is 4.98 Å². The molecule has 0 fully saturated rings. The lowest BCUT2D eigenvalue weighted by Gasteiger charge is -2.22. The maximum atomic E-state index is 11.4. The number of rotatable bonds is 9. The minimum absolute atomic E-state index is 0.544. The maximum absolute atomic E-state index is 11.4. The molecule has 0 atom stereocenters. The van der Waals surface area contributed by atoms with Crippen molar-refractivity contribution >= 4 is 43.6 Å². The zero-order valence-electron chi connectivity index (χ0n) is 41.3. The van der Waals surface area contributed by atoms with Crippen LogP contribution in [0.2, 0.25) is 0 Å². The Balaban J connectivity index is 1.12. The highest BCUT2D eigenvalue weighted by molar-refractivity contribution is 6.13. The molecule has 76 heavy (non-hydrogen) atoms. The second-order valence-corrected chi connectivity index (χ2v) is 19.4. The van der Waals surface area contributed by atoms with E-state index in [1.165, 1.54) is 0 Å². The monoisotopic (exact) mass is 966 g/mol. The standard InChI is InChI=1S/C72H46N4/c73-47-48-41-70(75-66-35-19-17-33-60(66)62-39-37-53(45-68(62)75)58-31-15-13-29-56(58)49-21-5-1-6-22-49)72(55-43-64(51-25-9-3-10-26-51)74-65(44-55)52-27-11-4-12-28-52)71(42-48)76-67-36-20-18-34-61(67)63-40-38-54(46-69(63)76)59-32-16-14-30-57(59)50-23-7-2-8-24-50/h1-46H. The summed E-state index contributed by atoms with van der Waals surface area (Å²) in [5.74, 6) is 0. The molecule has 11 aromatic carbocycles. The fraction of sp³-hybridized carbons (Fsp3) is 0. The SMILES string of the molecule is N#Cc1cc(-n2c3ccccc3c3ccc(-c4ccccc4-c4ccccc4)cc32)c(-c2cc(-c3ccccc3)nc(-c3ccccc3)c2)c(-n2c3ccccc3c3ccc(-c4ccccc4-c4ccccc4)cc32)c1. The molecule has 0 aliphatic rings. The van der Waals surface area contributed by atoms with Crippen LogP contribution in [0.4, 0.5) is 0 Å². The van der Waals surface area contributed by atoms with E-state index >= 15 is 0 Å². The molecule has 0 spiro atoms. The fourth-order valence-corrected chi connectivity index (χ4v) is 11.5. The molecule has 14 aromatic rings. The Hall–Kier alpha value is -10.3. The van der Waals surface area contributed by atoms with Crippen molar-refractivity contribution in [1.82, 2.24) is 14.1 Å². The van der Waals surface area contributed by atoms with Gasteiger partial charge in [0.05, 0.1) is 56.5 Å². The zero-order chi connectivity index (χ0) is 50.5. The summed E-state index contributed by atoms with van der Waals surface area (Å²) in [5.41, 5.74) is 21.2. The number of benzene rings is 11. The third-order valence-corrected chi connectivity index (χ3v) is 15.0. The molecule has 4 heteroatoms. The van der Waals surface area contributed by atoms with Gasteiger partial charge < -0.3 is 9.13 Å². The molecule has 0 N–H and O–H groups in total. The minimum atomic E-state index is 0.544. The molecule has 0 aliphatic heterocycles. The highest BCUT2D eigenvalue weighted by atomic mass is 15.0. The Labute approximate surface area is 440 Å². The van der Waals surface area contributed by atoms with Gasteiger partial charge in [-0.15, -0.1) is 0 Å². The van der Waals surface area contributed by atoms with E-state index in [4.69, 9.17) is 4.98 Å². The first-order chi connectivity index (χ1) is 37.7. The molecule has 0 radical (unpaired) electrons. The molecule has 14 rings (SSSR count). The van der Waals surface area contributed by atoms with Crippen LogP contribution in [0.5, 0.6) is 0 Å². The number of aromatic nitrogens is 3. The van der Waals surface area contributed by atoms with Crippen molar-refractivity contribution in [3.05, 3.63) is 285 Å². The van der Waals surface area contributed by atoms with Gasteiger partial charge in [0, 0.05) is 38.2 Å². The molecular formula is C72H46N4. The van der Waals surface area contributed by atoms with E-state index in [2.05, 4.69) is 282 Å². The Bertz CT molecular complexity index is 4280. The minimum Gasteiger partial charge on any atom is -0.308 e. The number of fused-ring (bicyclic) bond motifs is 6. The maximum Gasteiger partial charge on any atom is 0.0993 e. The van der Waals surface area contributed by atoms with E-state index in [1.54, 1.807) is 0 Å². The number of para-hydroxylation sites is 2. The molecule has 0 saturated heterocycles. The van der Waals surface area contributed by atoms with E-state index in [9.17, 15) is 5.26 Å². The summed E-state index contributed by atoms with van der Waals surface area (Å²) in [4.78, 5) is 5.41. The average Bonchev–Trinajstić information content (AvgIpc) is 4.14. The topological polar surface area (TPSA) is 46.5 Å². The van der Waals surface area contributed by atoms with Crippen LogP contribution in [0.25, 0.3) is 133 Å². The number of hydrogen-bond donors (Lipinski definition) is 0. The number of nitrogens with zero attached hydrogens (tertiary/aromatic N) is 4. The van der Waals surface area contributed by atoms with Crippen LogP contribution in [0.1, 0.15) is 5.56 Å². The van der Waals surface area contributed by atoms with Crippen molar-refractivity contribution in [2.75, 3.05) is 0 Å². The average molecular weight is 967 g/mol. The number of pyridine rings is 1. The summed E-state index contributed by atoms with van der Waals surface area (Å²) in [6, 6.07) is 102. The molecule has 3 heterocycles. The van der Waals surface area contributed by atoms with Crippen LogP contribution in [0.15, 0.2) is 279 Å². The quantitative estimate of drug-likeness (QED) is 0.145. The van der Waals surface area contributed by atoms with Crippen molar-refractivity contribution in [2.24, 2.45) is 0 Å². The van der Waals surface area contributed by atoms with Crippen molar-refractivity contribution in [3.8, 4) is 95.6 Å². The van der Waals surface area contributed by atoms with Crippen LogP contribution in [0, 0.1) is 11.3 Å². The summed E-state index contributed by atoms with van der Waals surface area (Å²) < 4.78 is 4.80. The first-order valence-electron chi connectivity index (χ1n) is 25.8. The highest BCUT2D eigenvalue weighted by Gasteiger charge is 2.25. The fourth-order valence-electron chi connectivity index (χ4n) is 11.5. The first-order valence-corrected chi connectivity index (χ1v) is 25.8. The lowest BCUT2D eigenvalue weighted by molar-refractivity contribution is 1.13. The number of nitriles is 1. The van der Waals surface area contributed by atoms with Gasteiger partial charge in [-0.1, -0.05) is 231 Å². The zero-order valence-corrected chi connectivity index (χ0v) is 41.3. The Kier molecular flexibility index (Phi) is 10.9. The van der Waals surface area contributed by atoms with Crippen molar-refractivity contribution in [3.63, 3.8) is 0 Å². The highest BCUT2D eigenvalue weighted by Crippen LogP contribution is 2.46. The van der Waals surface area contributed by atoms with Gasteiger partial charge >= 0.3 is 0 Å². The Morgan fingerprint density at radius 3 is 1.03 bits per heavy atom. The molecule has 0 aliphatic carbocycles. The van der Waals surface area contributed by atoms with E-state index in [0.29, 0.717) is 5.56 Å².